The zero-order valence-corrected chi connectivity index (χ0v) is 25.4. The van der Waals surface area contributed by atoms with Crippen molar-refractivity contribution in [1.29, 1.82) is 10.7 Å². The van der Waals surface area contributed by atoms with Gasteiger partial charge in [0.25, 0.3) is 0 Å². The predicted molar refractivity (Wildman–Crippen MR) is 178 cm³/mol. The second-order valence-corrected chi connectivity index (χ2v) is 10.4. The standard InChI is InChI=1S/C35H36ClN7/c1-4-39-22-28(19-25-7-14-30(15-8-25)42-18-6-17-37)32(21-38)31-20-27(11-16-33(31)41-5-2)35(34-23-40-24-43(34)3)26-9-12-29(36)13-10-26/h6-18,20,22-24,35,37,39,42H,4-5,19H2,1-3H3/b18-6-,28-22+,32-31-,37-17?,41-33-. The number of hydrogen-bond donors (Lipinski definition) is 3. The number of nitriles is 1. The van der Waals surface area contributed by atoms with E-state index in [1.807, 2.05) is 92.5 Å². The third-order valence-electron chi connectivity index (χ3n) is 7.01. The molecule has 2 aromatic carbocycles. The van der Waals surface area contributed by atoms with Gasteiger partial charge in [-0.25, -0.2) is 4.98 Å². The van der Waals surface area contributed by atoms with Crippen LogP contribution in [0.15, 0.2) is 125 Å². The molecule has 1 atom stereocenters. The van der Waals surface area contributed by atoms with Crippen LogP contribution in [0.5, 0.6) is 0 Å². The van der Waals surface area contributed by atoms with Gasteiger partial charge in [-0.05, 0) is 78.6 Å². The van der Waals surface area contributed by atoms with E-state index in [2.05, 4.69) is 33.8 Å². The summed E-state index contributed by atoms with van der Waals surface area (Å²) in [6.45, 7) is 5.36. The third kappa shape index (κ3) is 7.88. The molecule has 1 aliphatic carbocycles. The zero-order valence-electron chi connectivity index (χ0n) is 24.7. The van der Waals surface area contributed by atoms with Crippen LogP contribution >= 0.6 is 11.6 Å². The normalized spacial score (nSPS) is 16.1. The summed E-state index contributed by atoms with van der Waals surface area (Å²) in [6, 6.07) is 18.5. The van der Waals surface area contributed by atoms with Crippen molar-refractivity contribution in [1.82, 2.24) is 14.9 Å². The van der Waals surface area contributed by atoms with Crippen molar-refractivity contribution in [3.63, 3.8) is 0 Å². The van der Waals surface area contributed by atoms with Gasteiger partial charge >= 0.3 is 0 Å². The Kier molecular flexibility index (Phi) is 11.1. The minimum Gasteiger partial charge on any atom is -0.391 e. The Morgan fingerprint density at radius 2 is 1.91 bits per heavy atom. The number of allylic oxidation sites excluding steroid dienone is 8. The van der Waals surface area contributed by atoms with E-state index >= 15 is 0 Å². The number of nitrogens with zero attached hydrogens (tertiary/aromatic N) is 4. The van der Waals surface area contributed by atoms with Gasteiger partial charge in [0.1, 0.15) is 6.07 Å². The molecular weight excluding hydrogens is 554 g/mol. The first-order valence-electron chi connectivity index (χ1n) is 14.2. The fourth-order valence-electron chi connectivity index (χ4n) is 4.95. The average Bonchev–Trinajstić information content (AvgIpc) is 3.44. The number of anilines is 1. The van der Waals surface area contributed by atoms with Gasteiger partial charge in [-0.2, -0.15) is 5.26 Å². The van der Waals surface area contributed by atoms with Gasteiger partial charge in [-0.15, -0.1) is 0 Å². The molecule has 0 spiro atoms. The van der Waals surface area contributed by atoms with Crippen molar-refractivity contribution in [3.8, 4) is 6.07 Å². The summed E-state index contributed by atoms with van der Waals surface area (Å²) in [7, 11) is 1.99. The lowest BCUT2D eigenvalue weighted by Crippen LogP contribution is -2.15. The van der Waals surface area contributed by atoms with E-state index in [9.17, 15) is 5.26 Å². The molecule has 8 heteroatoms. The molecule has 1 heterocycles. The number of halogens is 1. The van der Waals surface area contributed by atoms with Crippen LogP contribution in [-0.2, 0) is 13.5 Å². The first-order valence-corrected chi connectivity index (χ1v) is 14.6. The molecule has 0 aliphatic heterocycles. The Labute approximate surface area is 258 Å². The summed E-state index contributed by atoms with van der Waals surface area (Å²) < 4.78 is 2.02. The number of hydrogen-bond acceptors (Lipinski definition) is 6. The van der Waals surface area contributed by atoms with Crippen LogP contribution in [0.2, 0.25) is 5.02 Å². The van der Waals surface area contributed by atoms with Gasteiger partial charge in [0.2, 0.25) is 0 Å². The van der Waals surface area contributed by atoms with Crippen LogP contribution in [0.3, 0.4) is 0 Å². The lowest BCUT2D eigenvalue weighted by Gasteiger charge is -2.24. The van der Waals surface area contributed by atoms with Crippen molar-refractivity contribution >= 4 is 29.2 Å². The highest BCUT2D eigenvalue weighted by Crippen LogP contribution is 2.37. The predicted octanol–water partition coefficient (Wildman–Crippen LogP) is 7.29. The minimum absolute atomic E-state index is 0.123. The molecule has 1 aliphatic rings. The van der Waals surface area contributed by atoms with E-state index in [0.717, 1.165) is 51.5 Å². The summed E-state index contributed by atoms with van der Waals surface area (Å²) in [4.78, 5) is 9.17. The monoisotopic (exact) mass is 589 g/mol. The van der Waals surface area contributed by atoms with E-state index < -0.39 is 0 Å². The number of aliphatic imine (C=N–C) groups is 1. The molecule has 218 valence electrons. The first kappa shape index (κ1) is 31.0. The number of benzene rings is 2. The Morgan fingerprint density at radius 3 is 2.53 bits per heavy atom. The molecular formula is C35H36ClN7. The lowest BCUT2D eigenvalue weighted by atomic mass is 9.82. The topological polar surface area (TPSA) is 102 Å². The average molecular weight is 590 g/mol. The molecule has 0 radical (unpaired) electrons. The number of imidazole rings is 1. The van der Waals surface area contributed by atoms with Gasteiger partial charge in [-0.1, -0.05) is 41.9 Å². The van der Waals surface area contributed by atoms with Crippen molar-refractivity contribution in [3.05, 3.63) is 142 Å². The molecule has 0 amide bonds. The van der Waals surface area contributed by atoms with Crippen molar-refractivity contribution in [2.45, 2.75) is 26.2 Å². The maximum atomic E-state index is 10.6. The maximum Gasteiger partial charge on any atom is 0.100 e. The molecule has 0 bridgehead atoms. The fourth-order valence-corrected chi connectivity index (χ4v) is 5.08. The zero-order chi connectivity index (χ0) is 30.6. The van der Waals surface area contributed by atoms with E-state index in [-0.39, 0.29) is 5.92 Å². The molecule has 3 N–H and O–H groups in total. The summed E-state index contributed by atoms with van der Waals surface area (Å²) in [6.07, 6.45) is 16.9. The summed E-state index contributed by atoms with van der Waals surface area (Å²) in [5, 5.41) is 24.9. The van der Waals surface area contributed by atoms with Crippen molar-refractivity contribution in [2.24, 2.45) is 12.0 Å². The van der Waals surface area contributed by atoms with Crippen LogP contribution in [0.4, 0.5) is 5.69 Å². The van der Waals surface area contributed by atoms with Crippen molar-refractivity contribution in [2.75, 3.05) is 18.4 Å². The molecule has 7 nitrogen and oxygen atoms in total. The molecule has 4 rings (SSSR count). The van der Waals surface area contributed by atoms with Crippen LogP contribution in [0.1, 0.15) is 36.6 Å². The Balaban J connectivity index is 1.82. The molecule has 1 unspecified atom stereocenters. The number of nitrogens with one attached hydrogen (secondary N) is 3. The van der Waals surface area contributed by atoms with E-state index in [4.69, 9.17) is 22.0 Å². The van der Waals surface area contributed by atoms with E-state index in [1.165, 1.54) is 6.21 Å². The van der Waals surface area contributed by atoms with E-state index in [1.54, 1.807) is 18.6 Å². The van der Waals surface area contributed by atoms with Crippen LogP contribution < -0.4 is 10.6 Å². The van der Waals surface area contributed by atoms with Crippen LogP contribution in [-0.4, -0.2) is 34.6 Å². The Hall–Kier alpha value is -4.93. The smallest absolute Gasteiger partial charge is 0.100 e. The second-order valence-electron chi connectivity index (χ2n) is 9.92. The quantitative estimate of drug-likeness (QED) is 0.152. The third-order valence-corrected chi connectivity index (χ3v) is 7.26. The van der Waals surface area contributed by atoms with Crippen LogP contribution in [0, 0.1) is 16.7 Å². The van der Waals surface area contributed by atoms with Gasteiger partial charge in [0, 0.05) is 73.3 Å². The molecule has 0 saturated carbocycles. The first-order chi connectivity index (χ1) is 21.0. The highest BCUT2D eigenvalue weighted by Gasteiger charge is 2.25. The van der Waals surface area contributed by atoms with Gasteiger partial charge in [0.15, 0.2) is 0 Å². The van der Waals surface area contributed by atoms with Gasteiger partial charge in [0.05, 0.1) is 23.5 Å². The van der Waals surface area contributed by atoms with Crippen LogP contribution in [0.25, 0.3) is 0 Å². The Bertz CT molecular complexity index is 1640. The fraction of sp³-hybridized carbons (Fsp3) is 0.200. The maximum absolute atomic E-state index is 10.6. The summed E-state index contributed by atoms with van der Waals surface area (Å²) in [5.74, 6) is -0.123. The molecule has 0 fully saturated rings. The van der Waals surface area contributed by atoms with Gasteiger partial charge < -0.3 is 20.6 Å². The summed E-state index contributed by atoms with van der Waals surface area (Å²) in [5.41, 5.74) is 8.14. The molecule has 3 aromatic rings. The minimum atomic E-state index is -0.123. The highest BCUT2D eigenvalue weighted by atomic mass is 35.5. The largest absolute Gasteiger partial charge is 0.391 e. The van der Waals surface area contributed by atoms with Crippen molar-refractivity contribution < 1.29 is 0 Å². The number of aromatic nitrogens is 2. The second kappa shape index (κ2) is 15.3. The Morgan fingerprint density at radius 1 is 1.14 bits per heavy atom. The van der Waals surface area contributed by atoms with E-state index in [0.29, 0.717) is 23.6 Å². The lowest BCUT2D eigenvalue weighted by molar-refractivity contribution is 0.791. The SMILES string of the molecule is CC/N=C1/C=CC(C(c2ccc(Cl)cc2)c2cncn2C)=C/C1=C(C#N)/C(=C/NCC)Cc1ccc(N/C=C\C=N)cc1. The van der Waals surface area contributed by atoms with Gasteiger partial charge in [-0.3, -0.25) is 4.99 Å². The molecule has 0 saturated heterocycles. The molecule has 1 aromatic heterocycles. The highest BCUT2D eigenvalue weighted by molar-refractivity contribution is 6.30. The summed E-state index contributed by atoms with van der Waals surface area (Å²) >= 11 is 6.24. The number of rotatable bonds is 12. The number of aryl methyl sites for hydroxylation is 1. The molecule has 43 heavy (non-hydrogen) atoms.